The highest BCUT2D eigenvalue weighted by atomic mass is 32.2. The molecule has 1 fully saturated rings. The van der Waals surface area contributed by atoms with Crippen molar-refractivity contribution in [2.75, 3.05) is 19.3 Å². The van der Waals surface area contributed by atoms with Gasteiger partial charge >= 0.3 is 0 Å². The van der Waals surface area contributed by atoms with Crippen LogP contribution in [-0.4, -0.2) is 43.1 Å². The lowest BCUT2D eigenvalue weighted by molar-refractivity contribution is -0.126. The highest BCUT2D eigenvalue weighted by Crippen LogP contribution is 2.04. The van der Waals surface area contributed by atoms with E-state index >= 15 is 0 Å². The zero-order valence-corrected chi connectivity index (χ0v) is 9.38. The van der Waals surface area contributed by atoms with Crippen LogP contribution in [0.4, 0.5) is 0 Å². The molecule has 0 aliphatic carbocycles. The maximum atomic E-state index is 10.5. The van der Waals surface area contributed by atoms with E-state index in [2.05, 4.69) is 0 Å². The number of nitrogens with zero attached hydrogens (tertiary/aromatic N) is 1. The average molecular weight is 223 g/mol. The van der Waals surface area contributed by atoms with Gasteiger partial charge in [-0.2, -0.15) is 8.42 Å². The van der Waals surface area contributed by atoms with Gasteiger partial charge in [-0.15, -0.1) is 0 Å². The molecule has 0 atom stereocenters. The molecule has 0 aromatic carbocycles. The molecule has 0 unspecified atom stereocenters. The molecule has 1 aliphatic heterocycles. The number of rotatable bonds is 2. The molecule has 0 aromatic heterocycles. The summed E-state index contributed by atoms with van der Waals surface area (Å²) < 4.78 is 27.6. The van der Waals surface area contributed by atoms with Gasteiger partial charge in [-0.1, -0.05) is 6.92 Å². The van der Waals surface area contributed by atoms with E-state index in [-0.39, 0.29) is 5.75 Å². The number of hydrogen-bond acceptors (Lipinski definition) is 3. The van der Waals surface area contributed by atoms with Crippen LogP contribution in [-0.2, 0) is 14.9 Å². The summed E-state index contributed by atoms with van der Waals surface area (Å²) in [6, 6.07) is 0. The predicted molar refractivity (Wildman–Crippen MR) is 53.6 cm³/mol. The molecule has 1 N–H and O–H groups in total. The van der Waals surface area contributed by atoms with Gasteiger partial charge in [0, 0.05) is 20.0 Å². The Hall–Kier alpha value is -0.620. The maximum absolute atomic E-state index is 10.5. The Bertz CT molecular complexity index is 273. The fourth-order valence-corrected chi connectivity index (χ4v) is 1.56. The van der Waals surface area contributed by atoms with Crippen LogP contribution in [0, 0.1) is 0 Å². The van der Waals surface area contributed by atoms with Crippen molar-refractivity contribution in [1.29, 1.82) is 0 Å². The third-order valence-electron chi connectivity index (χ3n) is 1.77. The average Bonchev–Trinajstić information content (AvgIpc) is 2.35. The first-order valence-electron chi connectivity index (χ1n) is 4.56. The Balaban J connectivity index is 0.000000241. The van der Waals surface area contributed by atoms with Gasteiger partial charge in [-0.25, -0.2) is 0 Å². The first kappa shape index (κ1) is 13.4. The van der Waals surface area contributed by atoms with Gasteiger partial charge in [0.05, 0.1) is 5.75 Å². The van der Waals surface area contributed by atoms with E-state index in [1.165, 1.54) is 0 Å². The molecule has 1 amide bonds. The molecule has 0 spiro atoms. The minimum Gasteiger partial charge on any atom is -0.346 e. The van der Waals surface area contributed by atoms with Crippen LogP contribution in [0.15, 0.2) is 0 Å². The van der Waals surface area contributed by atoms with Gasteiger partial charge in [-0.05, 0) is 12.8 Å². The SMILES string of the molecule is CCCS(=O)(=O)O.CN1CCCC1=O. The molecule has 84 valence electrons. The molecule has 5 nitrogen and oxygen atoms in total. The molecule has 0 saturated carbocycles. The summed E-state index contributed by atoms with van der Waals surface area (Å²) in [4.78, 5) is 12.3. The number of carbonyl (C=O) groups is 1. The van der Waals surface area contributed by atoms with Crippen molar-refractivity contribution in [2.45, 2.75) is 26.2 Å². The van der Waals surface area contributed by atoms with E-state index in [4.69, 9.17) is 4.55 Å². The quantitative estimate of drug-likeness (QED) is 0.693. The molecular formula is C8H17NO4S. The Morgan fingerprint density at radius 3 is 2.14 bits per heavy atom. The zero-order chi connectivity index (χ0) is 11.2. The van der Waals surface area contributed by atoms with Gasteiger partial charge in [0.15, 0.2) is 0 Å². The fourth-order valence-electron chi connectivity index (χ4n) is 1.04. The first-order chi connectivity index (χ1) is 6.37. The second kappa shape index (κ2) is 5.98. The molecule has 1 aliphatic rings. The third-order valence-corrected chi connectivity index (χ3v) is 2.70. The molecule has 6 heteroatoms. The Kier molecular flexibility index (Phi) is 5.71. The van der Waals surface area contributed by atoms with Crippen LogP contribution in [0.2, 0.25) is 0 Å². The van der Waals surface area contributed by atoms with E-state index in [1.807, 2.05) is 7.05 Å². The zero-order valence-electron chi connectivity index (χ0n) is 8.56. The largest absolute Gasteiger partial charge is 0.346 e. The van der Waals surface area contributed by atoms with Crippen LogP contribution in [0.3, 0.4) is 0 Å². The summed E-state index contributed by atoms with van der Waals surface area (Å²) in [6.07, 6.45) is 2.28. The number of carbonyl (C=O) groups excluding carboxylic acids is 1. The Morgan fingerprint density at radius 1 is 1.50 bits per heavy atom. The van der Waals surface area contributed by atoms with Crippen molar-refractivity contribution in [3.8, 4) is 0 Å². The second-order valence-corrected chi connectivity index (χ2v) is 4.78. The molecular weight excluding hydrogens is 206 g/mol. The van der Waals surface area contributed by atoms with E-state index in [9.17, 15) is 13.2 Å². The summed E-state index contributed by atoms with van der Waals surface area (Å²) in [5.74, 6) is 0.160. The predicted octanol–water partition coefficient (Wildman–Crippen LogP) is 0.523. The van der Waals surface area contributed by atoms with E-state index in [0.717, 1.165) is 19.4 Å². The summed E-state index contributed by atoms with van der Waals surface area (Å²) in [6.45, 7) is 2.65. The van der Waals surface area contributed by atoms with E-state index in [0.29, 0.717) is 12.3 Å². The van der Waals surface area contributed by atoms with Gasteiger partial charge in [0.1, 0.15) is 0 Å². The number of likely N-dealkylation sites (tertiary alicyclic amines) is 1. The minimum atomic E-state index is -3.67. The van der Waals surface area contributed by atoms with Crippen molar-refractivity contribution in [1.82, 2.24) is 4.90 Å². The highest BCUT2D eigenvalue weighted by molar-refractivity contribution is 7.85. The molecule has 0 bridgehead atoms. The Morgan fingerprint density at radius 2 is 2.07 bits per heavy atom. The Labute approximate surface area is 84.8 Å². The fraction of sp³-hybridized carbons (Fsp3) is 0.875. The molecule has 14 heavy (non-hydrogen) atoms. The minimum absolute atomic E-state index is 0.132. The summed E-state index contributed by atoms with van der Waals surface area (Å²) >= 11 is 0. The van der Waals surface area contributed by atoms with Crippen molar-refractivity contribution in [3.63, 3.8) is 0 Å². The lowest BCUT2D eigenvalue weighted by Crippen LogP contribution is -2.17. The van der Waals surface area contributed by atoms with Crippen LogP contribution in [0.5, 0.6) is 0 Å². The molecule has 1 rings (SSSR count). The lowest BCUT2D eigenvalue weighted by Gasteiger charge is -2.03. The maximum Gasteiger partial charge on any atom is 0.264 e. The normalized spacial score (nSPS) is 16.5. The van der Waals surface area contributed by atoms with Crippen LogP contribution < -0.4 is 0 Å². The topological polar surface area (TPSA) is 74.7 Å². The van der Waals surface area contributed by atoms with Gasteiger partial charge in [-0.3, -0.25) is 9.35 Å². The van der Waals surface area contributed by atoms with Gasteiger partial charge in [0.25, 0.3) is 10.1 Å². The van der Waals surface area contributed by atoms with Crippen LogP contribution in [0.25, 0.3) is 0 Å². The smallest absolute Gasteiger partial charge is 0.264 e. The van der Waals surface area contributed by atoms with E-state index in [1.54, 1.807) is 11.8 Å². The molecule has 1 heterocycles. The van der Waals surface area contributed by atoms with Crippen LogP contribution >= 0.6 is 0 Å². The summed E-state index contributed by atoms with van der Waals surface area (Å²) in [5.41, 5.74) is 0. The van der Waals surface area contributed by atoms with Crippen molar-refractivity contribution in [2.24, 2.45) is 0 Å². The van der Waals surface area contributed by atoms with Crippen LogP contribution in [0.1, 0.15) is 26.2 Å². The summed E-state index contributed by atoms with van der Waals surface area (Å²) in [5, 5.41) is 0. The van der Waals surface area contributed by atoms with Gasteiger partial charge in [0.2, 0.25) is 5.91 Å². The van der Waals surface area contributed by atoms with E-state index < -0.39 is 10.1 Å². The van der Waals surface area contributed by atoms with Crippen molar-refractivity contribution < 1.29 is 17.8 Å². The van der Waals surface area contributed by atoms with Crippen molar-refractivity contribution in [3.05, 3.63) is 0 Å². The monoisotopic (exact) mass is 223 g/mol. The third kappa shape index (κ3) is 6.85. The summed E-state index contributed by atoms with van der Waals surface area (Å²) in [7, 11) is -1.83. The standard InChI is InChI=1S/C5H9NO.C3H8O3S/c1-6-4-2-3-5(6)7;1-2-3-7(4,5)6/h2-4H2,1H3;2-3H2,1H3,(H,4,5,6). The van der Waals surface area contributed by atoms with Gasteiger partial charge < -0.3 is 4.90 Å². The highest BCUT2D eigenvalue weighted by Gasteiger charge is 2.14. The molecule has 0 aromatic rings. The molecule has 0 radical (unpaired) electrons. The number of amides is 1. The molecule has 1 saturated heterocycles. The first-order valence-corrected chi connectivity index (χ1v) is 6.17. The second-order valence-electron chi connectivity index (χ2n) is 3.20. The van der Waals surface area contributed by atoms with Crippen molar-refractivity contribution >= 4 is 16.0 Å². The number of hydrogen-bond donors (Lipinski definition) is 1. The lowest BCUT2D eigenvalue weighted by atomic mass is 10.4.